The van der Waals surface area contributed by atoms with Crippen LogP contribution in [0, 0.1) is 5.82 Å². The van der Waals surface area contributed by atoms with Crippen LogP contribution >= 0.6 is 11.6 Å². The fraction of sp³-hybridized carbons (Fsp3) is 0.286. The number of aromatic nitrogens is 2. The molecule has 0 amide bonds. The molecule has 0 saturated carbocycles. The first-order chi connectivity index (χ1) is 9.52. The summed E-state index contributed by atoms with van der Waals surface area (Å²) in [5.74, 6) is 1.26. The monoisotopic (exact) mass is 295 g/mol. The van der Waals surface area contributed by atoms with Crippen LogP contribution in [0.3, 0.4) is 0 Å². The number of hydrogen-bond acceptors (Lipinski definition) is 4. The summed E-state index contributed by atoms with van der Waals surface area (Å²) in [6, 6.07) is 4.18. The third-order valence-electron chi connectivity index (χ3n) is 2.77. The van der Waals surface area contributed by atoms with E-state index in [0.717, 1.165) is 5.56 Å². The van der Waals surface area contributed by atoms with E-state index in [1.807, 2.05) is 13.8 Å². The number of hydrogen-bond donors (Lipinski definition) is 1. The fourth-order valence-electron chi connectivity index (χ4n) is 1.83. The van der Waals surface area contributed by atoms with Gasteiger partial charge in [-0.2, -0.15) is 0 Å². The van der Waals surface area contributed by atoms with Crippen LogP contribution < -0.4 is 10.1 Å². The molecule has 0 aliphatic rings. The Kier molecular flexibility index (Phi) is 4.39. The van der Waals surface area contributed by atoms with Crippen molar-refractivity contribution in [2.24, 2.45) is 0 Å². The predicted molar refractivity (Wildman–Crippen MR) is 77.2 cm³/mol. The Morgan fingerprint density at radius 1 is 1.30 bits per heavy atom. The topological polar surface area (TPSA) is 47.0 Å². The molecule has 2 aromatic rings. The lowest BCUT2D eigenvalue weighted by atomic mass is 10.1. The molecule has 2 rings (SSSR count). The average molecular weight is 296 g/mol. The number of nitrogens with zero attached hydrogens (tertiary/aromatic N) is 2. The van der Waals surface area contributed by atoms with Crippen molar-refractivity contribution in [2.75, 3.05) is 12.4 Å². The number of anilines is 1. The maximum absolute atomic E-state index is 13.1. The smallest absolute Gasteiger partial charge is 0.227 e. The molecule has 1 heterocycles. The highest BCUT2D eigenvalue weighted by Gasteiger charge is 2.16. The van der Waals surface area contributed by atoms with Gasteiger partial charge in [-0.25, -0.2) is 14.4 Å². The van der Waals surface area contributed by atoms with Crippen molar-refractivity contribution < 1.29 is 9.13 Å². The summed E-state index contributed by atoms with van der Waals surface area (Å²) in [7, 11) is 1.78. The lowest BCUT2D eigenvalue weighted by molar-refractivity contribution is 0.450. The first-order valence-corrected chi connectivity index (χ1v) is 6.56. The van der Waals surface area contributed by atoms with Crippen LogP contribution in [0.25, 0.3) is 0 Å². The molecule has 0 aliphatic heterocycles. The molecule has 0 radical (unpaired) electrons. The zero-order valence-electron chi connectivity index (χ0n) is 11.4. The zero-order valence-corrected chi connectivity index (χ0v) is 12.2. The Balaban J connectivity index is 2.40. The van der Waals surface area contributed by atoms with Crippen molar-refractivity contribution in [1.29, 1.82) is 0 Å². The fourth-order valence-corrected chi connectivity index (χ4v) is 2.00. The Bertz CT molecular complexity index is 619. The van der Waals surface area contributed by atoms with Crippen LogP contribution in [0.2, 0.25) is 5.02 Å². The molecule has 1 aromatic heterocycles. The standard InChI is InChI=1S/C14H15ClFN3O/c1-8(2)12-13(17-3)18-7-19-14(12)20-9-4-5-11(16)10(15)6-9/h4-8H,1-3H3,(H,17,18,19). The predicted octanol–water partition coefficient (Wildman–Crippen LogP) is 4.23. The van der Waals surface area contributed by atoms with E-state index >= 15 is 0 Å². The minimum absolute atomic E-state index is 0.0106. The van der Waals surface area contributed by atoms with Crippen LogP contribution in [-0.4, -0.2) is 17.0 Å². The second-order valence-electron chi connectivity index (χ2n) is 4.52. The molecule has 1 aromatic carbocycles. The average Bonchev–Trinajstić information content (AvgIpc) is 2.42. The minimum atomic E-state index is -0.485. The third-order valence-corrected chi connectivity index (χ3v) is 3.06. The van der Waals surface area contributed by atoms with Crippen molar-refractivity contribution in [3.8, 4) is 11.6 Å². The SMILES string of the molecule is CNc1ncnc(Oc2ccc(F)c(Cl)c2)c1C(C)C. The van der Waals surface area contributed by atoms with E-state index in [9.17, 15) is 4.39 Å². The highest BCUT2D eigenvalue weighted by molar-refractivity contribution is 6.30. The Morgan fingerprint density at radius 2 is 2.05 bits per heavy atom. The van der Waals surface area contributed by atoms with E-state index in [-0.39, 0.29) is 10.9 Å². The van der Waals surface area contributed by atoms with Crippen LogP contribution in [0.5, 0.6) is 11.6 Å². The van der Waals surface area contributed by atoms with E-state index in [2.05, 4.69) is 15.3 Å². The van der Waals surface area contributed by atoms with E-state index in [0.29, 0.717) is 17.4 Å². The molecule has 106 valence electrons. The van der Waals surface area contributed by atoms with Gasteiger partial charge >= 0.3 is 0 Å². The first-order valence-electron chi connectivity index (χ1n) is 6.18. The van der Waals surface area contributed by atoms with E-state index in [1.54, 1.807) is 7.05 Å². The molecule has 0 unspecified atom stereocenters. The van der Waals surface area contributed by atoms with E-state index in [1.165, 1.54) is 24.5 Å². The van der Waals surface area contributed by atoms with Gasteiger partial charge in [0.1, 0.15) is 23.7 Å². The number of halogens is 2. The van der Waals surface area contributed by atoms with Gasteiger partial charge in [0, 0.05) is 13.1 Å². The summed E-state index contributed by atoms with van der Waals surface area (Å²) < 4.78 is 18.8. The summed E-state index contributed by atoms with van der Waals surface area (Å²) in [4.78, 5) is 8.31. The Hall–Kier alpha value is -1.88. The molecule has 20 heavy (non-hydrogen) atoms. The van der Waals surface area contributed by atoms with Gasteiger partial charge in [0.05, 0.1) is 10.6 Å². The van der Waals surface area contributed by atoms with Crippen LogP contribution in [0.4, 0.5) is 10.2 Å². The normalized spacial score (nSPS) is 10.7. The minimum Gasteiger partial charge on any atom is -0.438 e. The van der Waals surface area contributed by atoms with Crippen LogP contribution in [-0.2, 0) is 0 Å². The number of benzene rings is 1. The summed E-state index contributed by atoms with van der Waals surface area (Å²) in [5, 5.41) is 3.02. The van der Waals surface area contributed by atoms with Crippen LogP contribution in [0.1, 0.15) is 25.3 Å². The summed E-state index contributed by atoms with van der Waals surface area (Å²) >= 11 is 5.74. The van der Waals surface area contributed by atoms with Gasteiger partial charge in [0.15, 0.2) is 0 Å². The van der Waals surface area contributed by atoms with Gasteiger partial charge in [0.25, 0.3) is 0 Å². The van der Waals surface area contributed by atoms with E-state index in [4.69, 9.17) is 16.3 Å². The van der Waals surface area contributed by atoms with Crippen molar-refractivity contribution >= 4 is 17.4 Å². The highest BCUT2D eigenvalue weighted by Crippen LogP contribution is 2.33. The molecule has 0 saturated heterocycles. The molecule has 6 heteroatoms. The van der Waals surface area contributed by atoms with Gasteiger partial charge in [-0.05, 0) is 18.1 Å². The van der Waals surface area contributed by atoms with Gasteiger partial charge in [0.2, 0.25) is 5.88 Å². The molecule has 0 spiro atoms. The summed E-state index contributed by atoms with van der Waals surface area (Å²) in [6.45, 7) is 4.04. The lowest BCUT2D eigenvalue weighted by Crippen LogP contribution is -2.04. The molecular weight excluding hydrogens is 281 g/mol. The van der Waals surface area contributed by atoms with Gasteiger partial charge in [-0.3, -0.25) is 0 Å². The second-order valence-corrected chi connectivity index (χ2v) is 4.93. The van der Waals surface area contributed by atoms with Gasteiger partial charge in [-0.1, -0.05) is 25.4 Å². The zero-order chi connectivity index (χ0) is 14.7. The number of nitrogens with one attached hydrogen (secondary N) is 1. The van der Waals surface area contributed by atoms with Crippen molar-refractivity contribution in [3.63, 3.8) is 0 Å². The second kappa shape index (κ2) is 6.05. The Labute approximate surface area is 122 Å². The quantitative estimate of drug-likeness (QED) is 0.917. The highest BCUT2D eigenvalue weighted by atomic mass is 35.5. The molecule has 0 aliphatic carbocycles. The number of rotatable bonds is 4. The van der Waals surface area contributed by atoms with Crippen molar-refractivity contribution in [3.05, 3.63) is 40.9 Å². The Morgan fingerprint density at radius 3 is 2.65 bits per heavy atom. The maximum atomic E-state index is 13.1. The van der Waals surface area contributed by atoms with Crippen molar-refractivity contribution in [1.82, 2.24) is 9.97 Å². The van der Waals surface area contributed by atoms with E-state index < -0.39 is 5.82 Å². The molecule has 0 fully saturated rings. The van der Waals surface area contributed by atoms with Gasteiger partial charge < -0.3 is 10.1 Å². The summed E-state index contributed by atoms with van der Waals surface area (Å²) in [5.41, 5.74) is 0.857. The third kappa shape index (κ3) is 2.99. The largest absolute Gasteiger partial charge is 0.438 e. The summed E-state index contributed by atoms with van der Waals surface area (Å²) in [6.07, 6.45) is 1.41. The first kappa shape index (κ1) is 14.5. The lowest BCUT2D eigenvalue weighted by Gasteiger charge is -2.15. The molecular formula is C14H15ClFN3O. The molecule has 4 nitrogen and oxygen atoms in total. The molecule has 0 atom stereocenters. The molecule has 1 N–H and O–H groups in total. The van der Waals surface area contributed by atoms with Crippen molar-refractivity contribution in [2.45, 2.75) is 19.8 Å². The van der Waals surface area contributed by atoms with Crippen LogP contribution in [0.15, 0.2) is 24.5 Å². The number of ether oxygens (including phenoxy) is 1. The maximum Gasteiger partial charge on any atom is 0.227 e. The van der Waals surface area contributed by atoms with Gasteiger partial charge in [-0.15, -0.1) is 0 Å². The molecule has 0 bridgehead atoms.